The molecule has 1 saturated heterocycles. The second-order valence-corrected chi connectivity index (χ2v) is 16.6. The minimum atomic E-state index is -1.94. The van der Waals surface area contributed by atoms with E-state index in [9.17, 15) is 10.1 Å². The van der Waals surface area contributed by atoms with E-state index in [1.165, 1.54) is 6.20 Å². The van der Waals surface area contributed by atoms with E-state index in [1.54, 1.807) is 20.3 Å². The van der Waals surface area contributed by atoms with Crippen LogP contribution in [0.25, 0.3) is 0 Å². The molecule has 0 aliphatic carbocycles. The Balaban J connectivity index is 1.44. The average molecular weight is 852 g/mol. The van der Waals surface area contributed by atoms with Crippen molar-refractivity contribution < 1.29 is 32.4 Å². The number of halogens is 1. The molecule has 2 heterocycles. The number of methoxy groups -OCH3 is 2. The maximum atomic E-state index is 17.5. The Hall–Kier alpha value is -5.19. The molecule has 2 unspecified atom stereocenters. The summed E-state index contributed by atoms with van der Waals surface area (Å²) in [6.07, 6.45) is -4.99. The van der Waals surface area contributed by atoms with Gasteiger partial charge in [0.2, 0.25) is 0 Å². The summed E-state index contributed by atoms with van der Waals surface area (Å²) in [5.41, 5.74) is 1.37. The number of hydrogen-bond acceptors (Lipinski definition) is 11. The van der Waals surface area contributed by atoms with E-state index in [0.717, 1.165) is 26.8 Å². The molecular formula is C47H55FN5O7P. The Labute approximate surface area is 359 Å². The third kappa shape index (κ3) is 10.5. The summed E-state index contributed by atoms with van der Waals surface area (Å²) >= 11 is 0. The van der Waals surface area contributed by atoms with Gasteiger partial charge in [-0.3, -0.25) is 4.57 Å². The van der Waals surface area contributed by atoms with Gasteiger partial charge >= 0.3 is 5.69 Å². The average Bonchev–Trinajstić information content (AvgIpc) is 3.60. The van der Waals surface area contributed by atoms with E-state index < -0.39 is 50.5 Å². The molecule has 12 nitrogen and oxygen atoms in total. The first-order valence-corrected chi connectivity index (χ1v) is 21.6. The Morgan fingerprint density at radius 1 is 0.852 bits per heavy atom. The number of ether oxygens (including phenoxy) is 4. The first kappa shape index (κ1) is 45.3. The molecule has 0 spiro atoms. The fourth-order valence-corrected chi connectivity index (χ4v) is 9.39. The second kappa shape index (κ2) is 21.1. The lowest BCUT2D eigenvalue weighted by Gasteiger charge is -2.41. The van der Waals surface area contributed by atoms with E-state index in [2.05, 4.69) is 16.4 Å². The zero-order valence-corrected chi connectivity index (χ0v) is 36.6. The molecule has 1 fully saturated rings. The third-order valence-electron chi connectivity index (χ3n) is 10.5. The van der Waals surface area contributed by atoms with Gasteiger partial charge in [-0.25, -0.2) is 13.9 Å². The Kier molecular flexibility index (Phi) is 15.7. The molecule has 0 saturated carbocycles. The Bertz CT molecular complexity index is 2170. The van der Waals surface area contributed by atoms with Crippen LogP contribution in [0.5, 0.6) is 11.5 Å². The van der Waals surface area contributed by atoms with Crippen molar-refractivity contribution in [2.75, 3.05) is 26.1 Å². The number of hydrogen-bond donors (Lipinski definition) is 1. The lowest BCUT2D eigenvalue weighted by Crippen LogP contribution is -2.45. The van der Waals surface area contributed by atoms with Gasteiger partial charge in [0.1, 0.15) is 35.1 Å². The minimum Gasteiger partial charge on any atom is -0.497 e. The van der Waals surface area contributed by atoms with Crippen LogP contribution in [0.2, 0.25) is 0 Å². The zero-order valence-electron chi connectivity index (χ0n) is 35.7. The molecule has 6 atom stereocenters. The maximum absolute atomic E-state index is 17.5. The summed E-state index contributed by atoms with van der Waals surface area (Å²) in [4.78, 5) is 18.0. The summed E-state index contributed by atoms with van der Waals surface area (Å²) in [7, 11) is 1.27. The number of nitriles is 1. The number of nitrogens with zero attached hydrogens (tertiary/aromatic N) is 4. The highest BCUT2D eigenvalue weighted by Gasteiger charge is 2.54. The first-order chi connectivity index (χ1) is 29.5. The van der Waals surface area contributed by atoms with Gasteiger partial charge in [-0.1, -0.05) is 84.9 Å². The Morgan fingerprint density at radius 3 is 1.93 bits per heavy atom. The van der Waals surface area contributed by atoms with Crippen molar-refractivity contribution in [1.29, 1.82) is 5.26 Å². The van der Waals surface area contributed by atoms with Crippen LogP contribution in [0.4, 0.5) is 10.2 Å². The molecular weight excluding hydrogens is 797 g/mol. The zero-order chi connectivity index (χ0) is 43.5. The van der Waals surface area contributed by atoms with E-state index in [-0.39, 0.29) is 25.1 Å². The monoisotopic (exact) mass is 851 g/mol. The molecule has 1 N–H and O–H groups in total. The fourth-order valence-electron chi connectivity index (χ4n) is 7.64. The topological polar surface area (TPSA) is 129 Å². The highest BCUT2D eigenvalue weighted by atomic mass is 31.2. The van der Waals surface area contributed by atoms with Crippen molar-refractivity contribution in [3.8, 4) is 17.6 Å². The molecule has 61 heavy (non-hydrogen) atoms. The smallest absolute Gasteiger partial charge is 0.351 e. The van der Waals surface area contributed by atoms with Crippen molar-refractivity contribution in [2.45, 2.75) is 96.0 Å². The summed E-state index contributed by atoms with van der Waals surface area (Å²) in [5, 5.41) is 12.6. The van der Waals surface area contributed by atoms with Crippen LogP contribution in [0.3, 0.4) is 0 Å². The van der Waals surface area contributed by atoms with Crippen molar-refractivity contribution in [3.63, 3.8) is 0 Å². The highest BCUT2D eigenvalue weighted by molar-refractivity contribution is 7.44. The van der Waals surface area contributed by atoms with E-state index in [0.29, 0.717) is 23.9 Å². The largest absolute Gasteiger partial charge is 0.497 e. The van der Waals surface area contributed by atoms with Crippen molar-refractivity contribution in [1.82, 2.24) is 14.2 Å². The minimum absolute atomic E-state index is 0.0601. The quantitative estimate of drug-likeness (QED) is 0.0457. The van der Waals surface area contributed by atoms with Crippen molar-refractivity contribution >= 4 is 14.3 Å². The number of alkyl halides is 1. The van der Waals surface area contributed by atoms with Crippen molar-refractivity contribution in [2.24, 2.45) is 0 Å². The van der Waals surface area contributed by atoms with Crippen LogP contribution in [0, 0.1) is 11.3 Å². The Morgan fingerprint density at radius 2 is 1.41 bits per heavy atom. The van der Waals surface area contributed by atoms with Crippen LogP contribution in [0.15, 0.2) is 126 Å². The molecule has 1 aromatic heterocycles. The van der Waals surface area contributed by atoms with Gasteiger partial charge in [-0.15, -0.1) is 0 Å². The van der Waals surface area contributed by atoms with E-state index in [4.69, 9.17) is 28.0 Å². The SMILES string of the molecule is COc1ccc(C(O[C@H](C)C2O[C@@H](n3ccc(NCc4ccccc4)nc3=O)[C@H](F)[C@@H]2OP(OCCC#N)N(C(C)C)C(C)C)(c2ccccc2)c2ccc(OC)cc2)cc1. The number of nitrogens with one attached hydrogen (secondary N) is 1. The van der Waals surface area contributed by atoms with Crippen LogP contribution < -0.4 is 20.5 Å². The van der Waals surface area contributed by atoms with E-state index in [1.807, 2.05) is 148 Å². The number of aromatic nitrogens is 2. The molecule has 4 aromatic carbocycles. The van der Waals surface area contributed by atoms with Gasteiger partial charge in [0.25, 0.3) is 8.53 Å². The normalized spacial score (nSPS) is 18.9. The van der Waals surface area contributed by atoms with Crippen molar-refractivity contribution in [3.05, 3.63) is 154 Å². The molecule has 1 aliphatic heterocycles. The van der Waals surface area contributed by atoms with Gasteiger partial charge in [-0.2, -0.15) is 10.2 Å². The lowest BCUT2D eigenvalue weighted by molar-refractivity contribution is -0.135. The lowest BCUT2D eigenvalue weighted by atomic mass is 9.79. The molecule has 0 bridgehead atoms. The maximum Gasteiger partial charge on any atom is 0.351 e. The summed E-state index contributed by atoms with van der Waals surface area (Å²) in [6, 6.07) is 38.3. The first-order valence-electron chi connectivity index (χ1n) is 20.4. The fraction of sp³-hybridized carbons (Fsp3) is 0.383. The van der Waals surface area contributed by atoms with Crippen LogP contribution in [0.1, 0.15) is 69.5 Å². The van der Waals surface area contributed by atoms with Crippen LogP contribution >= 0.6 is 8.53 Å². The molecule has 1 aliphatic rings. The number of benzene rings is 4. The molecule has 5 aromatic rings. The number of rotatable bonds is 20. The van der Waals surface area contributed by atoms with Gasteiger partial charge in [0.05, 0.1) is 39.4 Å². The summed E-state index contributed by atoms with van der Waals surface area (Å²) in [6.45, 7) is 10.4. The summed E-state index contributed by atoms with van der Waals surface area (Å²) in [5.74, 6) is 1.66. The molecule has 0 radical (unpaired) electrons. The van der Waals surface area contributed by atoms with E-state index >= 15 is 4.39 Å². The molecule has 14 heteroatoms. The predicted octanol–water partition coefficient (Wildman–Crippen LogP) is 9.17. The van der Waals surface area contributed by atoms with Gasteiger partial charge in [-0.05, 0) is 87.2 Å². The van der Waals surface area contributed by atoms with Gasteiger partial charge in [0, 0.05) is 24.8 Å². The molecule has 322 valence electrons. The van der Waals surface area contributed by atoms with Crippen LogP contribution in [-0.4, -0.2) is 71.6 Å². The van der Waals surface area contributed by atoms with Crippen LogP contribution in [-0.2, 0) is 30.7 Å². The number of anilines is 1. The highest BCUT2D eigenvalue weighted by Crippen LogP contribution is 2.52. The second-order valence-electron chi connectivity index (χ2n) is 15.2. The standard InChI is InChI=1S/C47H55FN5O7P/c1-32(2)53(33(3)4)61(57-30-14-28-49)60-44-42(48)45(52-29-27-41(51-46(52)54)50-31-35-15-10-8-11-16-35)58-43(44)34(5)59-47(36-17-12-9-13-18-36,37-19-23-39(55-6)24-20-37)38-21-25-40(56-7)26-22-38/h8-13,15-27,29,32-34,42-45H,14,30-31H2,1-7H3,(H,50,51,54)/t34-,42-,43?,44+,45-,61?/m1/s1. The molecule has 0 amide bonds. The summed E-state index contributed by atoms with van der Waals surface area (Å²) < 4.78 is 58.9. The molecule has 6 rings (SSSR count). The van der Waals surface area contributed by atoms with Gasteiger partial charge in [0.15, 0.2) is 12.4 Å². The predicted molar refractivity (Wildman–Crippen MR) is 234 cm³/mol. The van der Waals surface area contributed by atoms with Gasteiger partial charge < -0.3 is 33.3 Å². The third-order valence-corrected chi connectivity index (χ3v) is 12.6.